The van der Waals surface area contributed by atoms with Crippen LogP contribution in [0.25, 0.3) is 0 Å². The van der Waals surface area contributed by atoms with Gasteiger partial charge in [0.05, 0.1) is 13.0 Å². The molecule has 0 bridgehead atoms. The van der Waals surface area contributed by atoms with Crippen LogP contribution in [-0.2, 0) is 9.53 Å². The number of methoxy groups -OCH3 is 1. The zero-order valence-corrected chi connectivity index (χ0v) is 6.68. The van der Waals surface area contributed by atoms with Crippen LogP contribution in [0.4, 0.5) is 13.2 Å². The number of hydrogen-bond acceptors (Lipinski definition) is 3. The van der Waals surface area contributed by atoms with E-state index >= 15 is 0 Å². The fraction of sp³-hybridized carbons (Fsp3) is 0.833. The van der Waals surface area contributed by atoms with E-state index in [1.54, 1.807) is 0 Å². The van der Waals surface area contributed by atoms with Crippen molar-refractivity contribution in [2.45, 2.75) is 19.1 Å². The van der Waals surface area contributed by atoms with E-state index in [0.29, 0.717) is 0 Å². The highest BCUT2D eigenvalue weighted by molar-refractivity contribution is 5.72. The molecule has 0 aromatic carbocycles. The van der Waals surface area contributed by atoms with Crippen molar-refractivity contribution in [3.8, 4) is 0 Å². The number of nitrogens with two attached hydrogens (primary N) is 1. The van der Waals surface area contributed by atoms with Gasteiger partial charge < -0.3 is 10.5 Å². The first kappa shape index (κ1) is 11.2. The molecule has 12 heavy (non-hydrogen) atoms. The van der Waals surface area contributed by atoms with Crippen molar-refractivity contribution in [1.29, 1.82) is 0 Å². The van der Waals surface area contributed by atoms with Crippen LogP contribution < -0.4 is 5.73 Å². The lowest BCUT2D eigenvalue weighted by molar-refractivity contribution is -0.173. The van der Waals surface area contributed by atoms with E-state index < -0.39 is 24.1 Å². The molecule has 0 aliphatic rings. The molecule has 0 spiro atoms. The molecule has 0 unspecified atom stereocenters. The summed E-state index contributed by atoms with van der Waals surface area (Å²) < 4.78 is 39.7. The number of rotatable bonds is 2. The Balaban J connectivity index is 4.29. The molecular weight excluding hydrogens is 175 g/mol. The molecule has 2 N–H and O–H groups in total. The van der Waals surface area contributed by atoms with Gasteiger partial charge in [-0.3, -0.25) is 4.79 Å². The zero-order chi connectivity index (χ0) is 9.94. The molecule has 0 aromatic rings. The van der Waals surface area contributed by atoms with Gasteiger partial charge in [-0.15, -0.1) is 0 Å². The molecule has 0 rings (SSSR count). The first-order valence-corrected chi connectivity index (χ1v) is 3.20. The van der Waals surface area contributed by atoms with Gasteiger partial charge in [0.1, 0.15) is 6.04 Å². The Bertz CT molecular complexity index is 169. The van der Waals surface area contributed by atoms with Gasteiger partial charge in [0.2, 0.25) is 0 Å². The summed E-state index contributed by atoms with van der Waals surface area (Å²) in [4.78, 5) is 10.6. The summed E-state index contributed by atoms with van der Waals surface area (Å²) >= 11 is 0. The summed E-state index contributed by atoms with van der Waals surface area (Å²) in [6.45, 7) is 1.07. The van der Waals surface area contributed by atoms with Crippen LogP contribution in [0.5, 0.6) is 0 Å². The molecule has 0 saturated heterocycles. The number of halogens is 3. The molecule has 0 heterocycles. The van der Waals surface area contributed by atoms with Gasteiger partial charge in [0, 0.05) is 0 Å². The topological polar surface area (TPSA) is 52.3 Å². The summed E-state index contributed by atoms with van der Waals surface area (Å²) in [6.07, 6.45) is -4.56. The summed E-state index contributed by atoms with van der Waals surface area (Å²) in [6, 6.07) is -2.16. The van der Waals surface area contributed by atoms with Gasteiger partial charge in [0.25, 0.3) is 0 Å². The SMILES string of the molecule is COC(=O)[C@@H](C)[C@H](N)C(F)(F)F. The maximum absolute atomic E-state index is 11.9. The first-order chi connectivity index (χ1) is 5.30. The Hall–Kier alpha value is -0.780. The summed E-state index contributed by atoms with van der Waals surface area (Å²) in [5.41, 5.74) is 4.74. The molecule has 0 amide bonds. The quantitative estimate of drug-likeness (QED) is 0.644. The molecule has 0 radical (unpaired) electrons. The number of alkyl halides is 3. The lowest BCUT2D eigenvalue weighted by Gasteiger charge is -2.20. The van der Waals surface area contributed by atoms with E-state index in [0.717, 1.165) is 14.0 Å². The van der Waals surface area contributed by atoms with Gasteiger partial charge >= 0.3 is 12.1 Å². The van der Waals surface area contributed by atoms with Crippen molar-refractivity contribution in [2.24, 2.45) is 11.7 Å². The number of carbonyl (C=O) groups excluding carboxylic acids is 1. The largest absolute Gasteiger partial charge is 0.469 e. The normalized spacial score (nSPS) is 16.8. The number of carbonyl (C=O) groups is 1. The highest BCUT2D eigenvalue weighted by Gasteiger charge is 2.43. The molecule has 2 atom stereocenters. The predicted molar refractivity (Wildman–Crippen MR) is 35.2 cm³/mol. The van der Waals surface area contributed by atoms with Crippen molar-refractivity contribution in [2.75, 3.05) is 7.11 Å². The molecule has 72 valence electrons. The molecule has 3 nitrogen and oxygen atoms in total. The molecule has 6 heteroatoms. The van der Waals surface area contributed by atoms with Crippen LogP contribution in [0.2, 0.25) is 0 Å². The van der Waals surface area contributed by atoms with Crippen molar-refractivity contribution in [3.63, 3.8) is 0 Å². The summed E-state index contributed by atoms with van der Waals surface area (Å²) in [5.74, 6) is -2.32. The van der Waals surface area contributed by atoms with Crippen molar-refractivity contribution >= 4 is 5.97 Å². The minimum Gasteiger partial charge on any atom is -0.469 e. The smallest absolute Gasteiger partial charge is 0.404 e. The van der Waals surface area contributed by atoms with E-state index in [2.05, 4.69) is 4.74 Å². The van der Waals surface area contributed by atoms with Gasteiger partial charge in [0.15, 0.2) is 0 Å². The predicted octanol–water partition coefficient (Wildman–Crippen LogP) is 0.685. The molecule has 0 aliphatic heterocycles. The van der Waals surface area contributed by atoms with E-state index in [-0.39, 0.29) is 0 Å². The third-order valence-electron chi connectivity index (χ3n) is 1.49. The zero-order valence-electron chi connectivity index (χ0n) is 6.68. The lowest BCUT2D eigenvalue weighted by atomic mass is 10.0. The van der Waals surface area contributed by atoms with Crippen LogP contribution in [0.1, 0.15) is 6.92 Å². The highest BCUT2D eigenvalue weighted by Crippen LogP contribution is 2.24. The van der Waals surface area contributed by atoms with Gasteiger partial charge in [-0.2, -0.15) is 13.2 Å². The number of ether oxygens (including phenoxy) is 1. The number of esters is 1. The third kappa shape index (κ3) is 2.69. The Morgan fingerprint density at radius 1 is 1.50 bits per heavy atom. The maximum Gasteiger partial charge on any atom is 0.404 e. The summed E-state index contributed by atoms with van der Waals surface area (Å²) in [5, 5.41) is 0. The molecule has 0 aliphatic carbocycles. The third-order valence-corrected chi connectivity index (χ3v) is 1.49. The number of hydrogen-bond donors (Lipinski definition) is 1. The van der Waals surface area contributed by atoms with E-state index in [9.17, 15) is 18.0 Å². The second-order valence-electron chi connectivity index (χ2n) is 2.38. The van der Waals surface area contributed by atoms with Crippen molar-refractivity contribution < 1.29 is 22.7 Å². The highest BCUT2D eigenvalue weighted by atomic mass is 19.4. The molecule has 0 saturated carbocycles. The molecular formula is C6H10F3NO2. The van der Waals surface area contributed by atoms with Crippen LogP contribution in [0, 0.1) is 5.92 Å². The molecule has 0 aromatic heterocycles. The second kappa shape index (κ2) is 3.75. The maximum atomic E-state index is 11.9. The Morgan fingerprint density at radius 3 is 2.17 bits per heavy atom. The minimum atomic E-state index is -4.56. The van der Waals surface area contributed by atoms with E-state index in [4.69, 9.17) is 5.73 Å². The van der Waals surface area contributed by atoms with Crippen LogP contribution in [-0.4, -0.2) is 25.3 Å². The van der Waals surface area contributed by atoms with Gasteiger partial charge in [-0.05, 0) is 0 Å². The van der Waals surface area contributed by atoms with Gasteiger partial charge in [-0.1, -0.05) is 6.92 Å². The Kier molecular flexibility index (Phi) is 3.51. The fourth-order valence-corrected chi connectivity index (χ4v) is 0.616. The fourth-order valence-electron chi connectivity index (χ4n) is 0.616. The first-order valence-electron chi connectivity index (χ1n) is 3.20. The Labute approximate surface area is 67.7 Å². The Morgan fingerprint density at radius 2 is 1.92 bits per heavy atom. The van der Waals surface area contributed by atoms with E-state index in [1.807, 2.05) is 0 Å². The van der Waals surface area contributed by atoms with Crippen molar-refractivity contribution in [1.82, 2.24) is 0 Å². The summed E-state index contributed by atoms with van der Waals surface area (Å²) in [7, 11) is 1.02. The van der Waals surface area contributed by atoms with Crippen LogP contribution in [0.15, 0.2) is 0 Å². The van der Waals surface area contributed by atoms with Crippen LogP contribution >= 0.6 is 0 Å². The standard InChI is InChI=1S/C6H10F3NO2/c1-3(5(11)12-2)4(10)6(7,8)9/h3-4H,10H2,1-2H3/t3-,4-/m0/s1. The monoisotopic (exact) mass is 185 g/mol. The average Bonchev–Trinajstić information content (AvgIpc) is 1.98. The minimum absolute atomic E-state index is 0.958. The van der Waals surface area contributed by atoms with Gasteiger partial charge in [-0.25, -0.2) is 0 Å². The second-order valence-corrected chi connectivity index (χ2v) is 2.38. The van der Waals surface area contributed by atoms with Crippen molar-refractivity contribution in [3.05, 3.63) is 0 Å². The lowest BCUT2D eigenvalue weighted by Crippen LogP contribution is -2.45. The average molecular weight is 185 g/mol. The van der Waals surface area contributed by atoms with E-state index in [1.165, 1.54) is 0 Å². The van der Waals surface area contributed by atoms with Crippen LogP contribution in [0.3, 0.4) is 0 Å². The molecule has 0 fully saturated rings.